The highest BCUT2D eigenvalue weighted by atomic mass is 127. The number of halogens is 2. The molecule has 2 N–H and O–H groups in total. The molecule has 58 valence electrons. The molecule has 0 aromatic heterocycles. The van der Waals surface area contributed by atoms with Gasteiger partial charge in [-0.15, -0.1) is 0 Å². The van der Waals surface area contributed by atoms with Crippen LogP contribution in [0.4, 0.5) is 4.39 Å². The minimum Gasteiger partial charge on any atom is -0.505 e. The lowest BCUT2D eigenvalue weighted by molar-refractivity contribution is 0.432. The standard InChI is InChI=1S/C7H5FINO/c8-5-3-4(7(9)10)1-2-6(5)11/h1-3,10-11H. The van der Waals surface area contributed by atoms with Crippen LogP contribution in [-0.4, -0.2) is 8.82 Å². The smallest absolute Gasteiger partial charge is 0.165 e. The van der Waals surface area contributed by atoms with Crippen LogP contribution in [-0.2, 0) is 0 Å². The highest BCUT2D eigenvalue weighted by Crippen LogP contribution is 2.17. The van der Waals surface area contributed by atoms with Crippen molar-refractivity contribution in [3.8, 4) is 5.75 Å². The molecule has 0 fully saturated rings. The third-order valence-corrected chi connectivity index (χ3v) is 1.82. The number of aromatic hydroxyl groups is 1. The lowest BCUT2D eigenvalue weighted by atomic mass is 10.2. The van der Waals surface area contributed by atoms with E-state index in [1.54, 1.807) is 22.6 Å². The molecule has 4 heteroatoms. The van der Waals surface area contributed by atoms with Crippen LogP contribution in [0.3, 0.4) is 0 Å². The molecular weight excluding hydrogens is 260 g/mol. The van der Waals surface area contributed by atoms with Crippen LogP contribution in [0, 0.1) is 11.2 Å². The van der Waals surface area contributed by atoms with E-state index in [4.69, 9.17) is 10.5 Å². The molecule has 0 amide bonds. The third kappa shape index (κ3) is 1.89. The van der Waals surface area contributed by atoms with Gasteiger partial charge in [-0.05, 0) is 40.8 Å². The van der Waals surface area contributed by atoms with E-state index in [-0.39, 0.29) is 9.47 Å². The maximum atomic E-state index is 12.6. The van der Waals surface area contributed by atoms with Crippen molar-refractivity contribution in [2.45, 2.75) is 0 Å². The first kappa shape index (κ1) is 8.45. The largest absolute Gasteiger partial charge is 0.505 e. The number of rotatable bonds is 1. The van der Waals surface area contributed by atoms with Crippen molar-refractivity contribution in [1.82, 2.24) is 0 Å². The molecule has 1 aromatic rings. The number of hydrogen-bond acceptors (Lipinski definition) is 2. The summed E-state index contributed by atoms with van der Waals surface area (Å²) < 4.78 is 12.8. The van der Waals surface area contributed by atoms with E-state index in [2.05, 4.69) is 0 Å². The second-order valence-electron chi connectivity index (χ2n) is 1.98. The molecule has 0 saturated carbocycles. The summed E-state index contributed by atoms with van der Waals surface area (Å²) in [5.74, 6) is -1.07. The van der Waals surface area contributed by atoms with Crippen molar-refractivity contribution < 1.29 is 9.50 Å². The maximum absolute atomic E-state index is 12.6. The molecule has 0 aliphatic carbocycles. The van der Waals surface area contributed by atoms with Crippen molar-refractivity contribution in [3.05, 3.63) is 29.6 Å². The second kappa shape index (κ2) is 3.17. The Labute approximate surface area is 76.7 Å². The molecule has 0 heterocycles. The number of benzene rings is 1. The van der Waals surface area contributed by atoms with Crippen molar-refractivity contribution >= 4 is 26.3 Å². The summed E-state index contributed by atoms with van der Waals surface area (Å²) in [5, 5.41) is 15.9. The Kier molecular flexibility index (Phi) is 2.43. The van der Waals surface area contributed by atoms with Gasteiger partial charge in [-0.3, -0.25) is 5.41 Å². The van der Waals surface area contributed by atoms with E-state index in [0.29, 0.717) is 5.56 Å². The van der Waals surface area contributed by atoms with Crippen LogP contribution in [0.2, 0.25) is 0 Å². The zero-order chi connectivity index (χ0) is 8.43. The summed E-state index contributed by atoms with van der Waals surface area (Å²) in [5.41, 5.74) is 0.473. The Hall–Kier alpha value is -0.650. The Balaban J connectivity index is 3.15. The van der Waals surface area contributed by atoms with Gasteiger partial charge in [0.05, 0.1) is 3.72 Å². The summed E-state index contributed by atoms with van der Waals surface area (Å²) >= 11 is 1.77. The van der Waals surface area contributed by atoms with E-state index in [9.17, 15) is 4.39 Å². The van der Waals surface area contributed by atoms with Crippen LogP contribution in [0.5, 0.6) is 5.75 Å². The summed E-state index contributed by atoms with van der Waals surface area (Å²) in [7, 11) is 0. The predicted molar refractivity (Wildman–Crippen MR) is 48.9 cm³/mol. The monoisotopic (exact) mass is 265 g/mol. The van der Waals surface area contributed by atoms with Gasteiger partial charge < -0.3 is 5.11 Å². The van der Waals surface area contributed by atoms with E-state index in [1.165, 1.54) is 12.1 Å². The van der Waals surface area contributed by atoms with Gasteiger partial charge in [-0.2, -0.15) is 0 Å². The Morgan fingerprint density at radius 1 is 1.55 bits per heavy atom. The number of hydrogen-bond donors (Lipinski definition) is 2. The van der Waals surface area contributed by atoms with E-state index in [1.807, 2.05) is 0 Å². The molecule has 1 rings (SSSR count). The highest BCUT2D eigenvalue weighted by molar-refractivity contribution is 14.1. The van der Waals surface area contributed by atoms with Gasteiger partial charge in [-0.1, -0.05) is 0 Å². The fourth-order valence-corrected chi connectivity index (χ4v) is 0.979. The molecule has 0 spiro atoms. The van der Waals surface area contributed by atoms with Gasteiger partial charge in [0.15, 0.2) is 11.6 Å². The molecule has 0 unspecified atom stereocenters. The summed E-state index contributed by atoms with van der Waals surface area (Å²) in [6.45, 7) is 0. The number of nitrogens with one attached hydrogen (secondary N) is 1. The average Bonchev–Trinajstić information content (AvgIpc) is 1.94. The average molecular weight is 265 g/mol. The zero-order valence-electron chi connectivity index (χ0n) is 5.44. The lowest BCUT2D eigenvalue weighted by Crippen LogP contribution is -1.88. The second-order valence-corrected chi connectivity index (χ2v) is 3.06. The highest BCUT2D eigenvalue weighted by Gasteiger charge is 2.02. The van der Waals surface area contributed by atoms with Crippen molar-refractivity contribution in [2.75, 3.05) is 0 Å². The first-order chi connectivity index (χ1) is 5.11. The topological polar surface area (TPSA) is 44.1 Å². The minimum atomic E-state index is -0.691. The Morgan fingerprint density at radius 3 is 2.64 bits per heavy atom. The third-order valence-electron chi connectivity index (χ3n) is 1.20. The van der Waals surface area contributed by atoms with Crippen molar-refractivity contribution in [1.29, 1.82) is 5.41 Å². The van der Waals surface area contributed by atoms with Gasteiger partial charge in [0.25, 0.3) is 0 Å². The van der Waals surface area contributed by atoms with Crippen LogP contribution in [0.25, 0.3) is 0 Å². The molecule has 0 radical (unpaired) electrons. The minimum absolute atomic E-state index is 0.251. The van der Waals surface area contributed by atoms with Gasteiger partial charge >= 0.3 is 0 Å². The lowest BCUT2D eigenvalue weighted by Gasteiger charge is -1.97. The normalized spacial score (nSPS) is 9.64. The van der Waals surface area contributed by atoms with E-state index < -0.39 is 5.82 Å². The van der Waals surface area contributed by atoms with Crippen LogP contribution >= 0.6 is 22.6 Å². The van der Waals surface area contributed by atoms with E-state index in [0.717, 1.165) is 6.07 Å². The van der Waals surface area contributed by atoms with Gasteiger partial charge in [0.2, 0.25) is 0 Å². The first-order valence-electron chi connectivity index (χ1n) is 2.84. The summed E-state index contributed by atoms with van der Waals surface area (Å²) in [6, 6.07) is 3.86. The summed E-state index contributed by atoms with van der Waals surface area (Å²) in [6.07, 6.45) is 0. The van der Waals surface area contributed by atoms with Crippen molar-refractivity contribution in [2.24, 2.45) is 0 Å². The molecule has 0 atom stereocenters. The quantitative estimate of drug-likeness (QED) is 0.593. The predicted octanol–water partition coefficient (Wildman–Crippen LogP) is 2.29. The molecule has 2 nitrogen and oxygen atoms in total. The fourth-order valence-electron chi connectivity index (χ4n) is 0.643. The fraction of sp³-hybridized carbons (Fsp3) is 0. The summed E-state index contributed by atoms with van der Waals surface area (Å²) in [4.78, 5) is 0. The number of phenolic OH excluding ortho intramolecular Hbond substituents is 1. The van der Waals surface area contributed by atoms with Gasteiger partial charge in [0, 0.05) is 5.56 Å². The van der Waals surface area contributed by atoms with Crippen molar-refractivity contribution in [3.63, 3.8) is 0 Å². The number of phenols is 1. The molecule has 11 heavy (non-hydrogen) atoms. The van der Waals surface area contributed by atoms with Gasteiger partial charge in [-0.25, -0.2) is 4.39 Å². The molecule has 0 bridgehead atoms. The van der Waals surface area contributed by atoms with Crippen LogP contribution < -0.4 is 0 Å². The van der Waals surface area contributed by atoms with Crippen LogP contribution in [0.15, 0.2) is 18.2 Å². The molecule has 0 saturated heterocycles. The molecule has 0 aliphatic heterocycles. The maximum Gasteiger partial charge on any atom is 0.165 e. The molecule has 0 aliphatic rings. The first-order valence-corrected chi connectivity index (χ1v) is 3.92. The van der Waals surface area contributed by atoms with Gasteiger partial charge in [0.1, 0.15) is 0 Å². The van der Waals surface area contributed by atoms with E-state index >= 15 is 0 Å². The zero-order valence-corrected chi connectivity index (χ0v) is 7.59. The molecular formula is C7H5FINO. The SMILES string of the molecule is N=C(I)c1ccc(O)c(F)c1. The Bertz CT molecular complexity index is 300. The Morgan fingerprint density at radius 2 is 2.18 bits per heavy atom. The van der Waals surface area contributed by atoms with Crippen LogP contribution in [0.1, 0.15) is 5.56 Å². The molecule has 1 aromatic carbocycles.